The number of halogens is 2. The van der Waals surface area contributed by atoms with Crippen LogP contribution in [0.15, 0.2) is 36.0 Å². The topological polar surface area (TPSA) is 89.4 Å². The summed E-state index contributed by atoms with van der Waals surface area (Å²) >= 11 is 4.76. The van der Waals surface area contributed by atoms with Crippen molar-refractivity contribution >= 4 is 42.8 Å². The fraction of sp³-hybridized carbons (Fsp3) is 0.520. The molecule has 2 atom stereocenters. The Kier molecular flexibility index (Phi) is 10.5. The Morgan fingerprint density at radius 3 is 2.78 bits per heavy atom. The molecule has 1 saturated heterocycles. The van der Waals surface area contributed by atoms with E-state index in [4.69, 9.17) is 12.6 Å². The van der Waals surface area contributed by atoms with Crippen LogP contribution < -0.4 is 5.48 Å². The highest BCUT2D eigenvalue weighted by Crippen LogP contribution is 2.39. The molecular weight excluding hydrogens is 505 g/mol. The number of aryl methyl sites for hydroxylation is 1. The van der Waals surface area contributed by atoms with Gasteiger partial charge in [-0.2, -0.15) is 12.6 Å². The largest absolute Gasteiger partial charge is 0.297 e. The summed E-state index contributed by atoms with van der Waals surface area (Å²) in [6, 6.07) is 6.00. The second kappa shape index (κ2) is 13.3. The third-order valence-corrected chi connectivity index (χ3v) is 7.05. The molecule has 2 aliphatic rings. The number of nitrogens with zero attached hydrogens (tertiary/aromatic N) is 4. The first-order chi connectivity index (χ1) is 17.0. The molecule has 11 heteroatoms. The molecule has 0 bridgehead atoms. The quantitative estimate of drug-likeness (QED) is 0.257. The minimum Gasteiger partial charge on any atom is -0.297 e. The van der Waals surface area contributed by atoms with Gasteiger partial charge in [-0.25, -0.2) is 9.87 Å². The normalized spacial score (nSPS) is 20.1. The highest BCUT2D eigenvalue weighted by molar-refractivity contribution is 7.81. The number of piperidine rings is 1. The first kappa shape index (κ1) is 28.3. The molecule has 2 aromatic rings. The van der Waals surface area contributed by atoms with Gasteiger partial charge in [-0.15, -0.1) is 17.5 Å². The standard InChI is InChI=1S/C25H32FN5O3S.ClH/c1-34-28-23(32)8-4-5-12-31-16-19(27-29-31)14-18-15-30(13-11-22(18)35)24(25(33)17-9-10-17)20-6-2-3-7-21(20)26;/h2-3,6-7,14,16-17,22,24,35H,4-5,8-13,15H2,1H3,(H,28,32);1H/b18-14+;. The van der Waals surface area contributed by atoms with Gasteiger partial charge in [-0.05, 0) is 49.8 Å². The number of amides is 1. The predicted molar refractivity (Wildman–Crippen MR) is 140 cm³/mol. The average molecular weight is 538 g/mol. The van der Waals surface area contributed by atoms with E-state index in [0.717, 1.165) is 31.3 Å². The number of Topliss-reactive ketones (excluding diaryl/α,β-unsaturated/α-hetero) is 1. The van der Waals surface area contributed by atoms with E-state index < -0.39 is 6.04 Å². The van der Waals surface area contributed by atoms with Crippen molar-refractivity contribution in [2.45, 2.75) is 56.4 Å². The number of aromatic nitrogens is 3. The molecule has 1 aliphatic carbocycles. The molecule has 2 heterocycles. The zero-order valence-electron chi connectivity index (χ0n) is 20.3. The van der Waals surface area contributed by atoms with Crippen molar-refractivity contribution in [3.63, 3.8) is 0 Å². The molecule has 1 aromatic heterocycles. The van der Waals surface area contributed by atoms with Crippen molar-refractivity contribution in [3.8, 4) is 0 Å². The molecule has 196 valence electrons. The fourth-order valence-corrected chi connectivity index (χ4v) is 4.75. The van der Waals surface area contributed by atoms with E-state index in [2.05, 4.69) is 25.5 Å². The lowest BCUT2D eigenvalue weighted by Crippen LogP contribution is -2.42. The number of carbonyl (C=O) groups excluding carboxylic acids is 2. The lowest BCUT2D eigenvalue weighted by Gasteiger charge is -2.37. The molecule has 4 rings (SSSR count). The van der Waals surface area contributed by atoms with Crippen molar-refractivity contribution in [2.24, 2.45) is 5.92 Å². The van der Waals surface area contributed by atoms with Gasteiger partial charge >= 0.3 is 0 Å². The Morgan fingerprint density at radius 2 is 2.06 bits per heavy atom. The second-order valence-electron chi connectivity index (χ2n) is 9.19. The van der Waals surface area contributed by atoms with Crippen LogP contribution in [0.25, 0.3) is 6.08 Å². The van der Waals surface area contributed by atoms with E-state index in [0.29, 0.717) is 43.7 Å². The summed E-state index contributed by atoms with van der Waals surface area (Å²) in [6.45, 7) is 1.84. The summed E-state index contributed by atoms with van der Waals surface area (Å²) in [7, 11) is 1.41. The number of hydroxylamine groups is 1. The Balaban J connectivity index is 0.00000361. The van der Waals surface area contributed by atoms with Gasteiger partial charge in [0, 0.05) is 42.8 Å². The molecule has 2 fully saturated rings. The minimum absolute atomic E-state index is 0. The molecule has 1 saturated carbocycles. The number of thiol groups is 1. The van der Waals surface area contributed by atoms with Gasteiger partial charge in [0.25, 0.3) is 0 Å². The number of nitrogens with one attached hydrogen (secondary N) is 1. The van der Waals surface area contributed by atoms with E-state index in [1.807, 2.05) is 12.3 Å². The number of rotatable bonds is 11. The van der Waals surface area contributed by atoms with Crippen LogP contribution in [-0.4, -0.2) is 57.0 Å². The van der Waals surface area contributed by atoms with Crippen LogP contribution in [0.4, 0.5) is 4.39 Å². The van der Waals surface area contributed by atoms with Gasteiger partial charge in [-0.1, -0.05) is 23.4 Å². The number of hydrogen-bond donors (Lipinski definition) is 2. The monoisotopic (exact) mass is 537 g/mol. The third kappa shape index (κ3) is 7.38. The molecule has 1 aromatic carbocycles. The molecule has 1 aliphatic heterocycles. The van der Waals surface area contributed by atoms with Crippen LogP contribution in [0, 0.1) is 11.7 Å². The van der Waals surface area contributed by atoms with Crippen molar-refractivity contribution in [1.82, 2.24) is 25.4 Å². The molecule has 1 N–H and O–H groups in total. The maximum Gasteiger partial charge on any atom is 0.243 e. The Labute approximate surface area is 222 Å². The summed E-state index contributed by atoms with van der Waals surface area (Å²) < 4.78 is 16.5. The maximum absolute atomic E-state index is 14.7. The molecule has 8 nitrogen and oxygen atoms in total. The van der Waals surface area contributed by atoms with E-state index in [1.54, 1.807) is 22.9 Å². The number of ketones is 1. The predicted octanol–water partition coefficient (Wildman–Crippen LogP) is 3.79. The molecule has 1 amide bonds. The minimum atomic E-state index is -0.584. The van der Waals surface area contributed by atoms with E-state index >= 15 is 0 Å². The van der Waals surface area contributed by atoms with Crippen molar-refractivity contribution in [3.05, 3.63) is 53.1 Å². The van der Waals surface area contributed by atoms with Gasteiger partial charge in [-0.3, -0.25) is 24.0 Å². The van der Waals surface area contributed by atoms with Crippen LogP contribution in [-0.2, 0) is 21.0 Å². The van der Waals surface area contributed by atoms with Gasteiger partial charge < -0.3 is 0 Å². The van der Waals surface area contributed by atoms with Crippen LogP contribution in [0.5, 0.6) is 0 Å². The van der Waals surface area contributed by atoms with Gasteiger partial charge in [0.2, 0.25) is 5.91 Å². The lowest BCUT2D eigenvalue weighted by atomic mass is 9.93. The number of hydrogen-bond acceptors (Lipinski definition) is 7. The van der Waals surface area contributed by atoms with Crippen molar-refractivity contribution in [2.75, 3.05) is 20.2 Å². The zero-order chi connectivity index (χ0) is 24.8. The first-order valence-electron chi connectivity index (χ1n) is 12.1. The maximum atomic E-state index is 14.7. The van der Waals surface area contributed by atoms with Crippen molar-refractivity contribution in [1.29, 1.82) is 0 Å². The number of likely N-dealkylation sites (tertiary alicyclic amines) is 1. The highest BCUT2D eigenvalue weighted by atomic mass is 35.5. The highest BCUT2D eigenvalue weighted by Gasteiger charge is 2.40. The Hall–Kier alpha value is -2.27. The smallest absolute Gasteiger partial charge is 0.243 e. The zero-order valence-corrected chi connectivity index (χ0v) is 22.0. The van der Waals surface area contributed by atoms with Crippen LogP contribution >= 0.6 is 25.0 Å². The Morgan fingerprint density at radius 1 is 1.28 bits per heavy atom. The Bertz CT molecular complexity index is 1080. The van der Waals surface area contributed by atoms with Crippen molar-refractivity contribution < 1.29 is 18.8 Å². The van der Waals surface area contributed by atoms with Gasteiger partial charge in [0.15, 0.2) is 5.78 Å². The SMILES string of the molecule is CONC(=O)CCCCn1cc(/C=C2\CN(C(C(=O)C3CC3)c3ccccc3F)CCC2S)nn1.Cl. The van der Waals surface area contributed by atoms with E-state index in [1.165, 1.54) is 13.2 Å². The first-order valence-corrected chi connectivity index (χ1v) is 12.6. The molecule has 2 unspecified atom stereocenters. The van der Waals surface area contributed by atoms with E-state index in [-0.39, 0.29) is 41.1 Å². The summed E-state index contributed by atoms with van der Waals surface area (Å²) in [5.74, 6) is -0.349. The van der Waals surface area contributed by atoms with Gasteiger partial charge in [0.1, 0.15) is 11.5 Å². The second-order valence-corrected chi connectivity index (χ2v) is 9.81. The number of benzene rings is 1. The van der Waals surface area contributed by atoms with Crippen LogP contribution in [0.1, 0.15) is 55.8 Å². The average Bonchev–Trinajstić information content (AvgIpc) is 3.60. The molecule has 36 heavy (non-hydrogen) atoms. The molecule has 0 spiro atoms. The van der Waals surface area contributed by atoms with Gasteiger partial charge in [0.05, 0.1) is 19.3 Å². The molecular formula is C25H33ClFN5O3S. The molecule has 0 radical (unpaired) electrons. The van der Waals surface area contributed by atoms with Crippen LogP contribution in [0.3, 0.4) is 0 Å². The van der Waals surface area contributed by atoms with E-state index in [9.17, 15) is 14.0 Å². The summed E-state index contributed by atoms with van der Waals surface area (Å²) in [5, 5.41) is 8.48. The summed E-state index contributed by atoms with van der Waals surface area (Å²) in [4.78, 5) is 31.3. The fourth-order valence-electron chi connectivity index (χ4n) is 4.48. The van der Waals surface area contributed by atoms with Crippen LogP contribution in [0.2, 0.25) is 0 Å². The lowest BCUT2D eigenvalue weighted by molar-refractivity contribution is -0.131. The number of unbranched alkanes of at least 4 members (excludes halogenated alkanes) is 1. The third-order valence-electron chi connectivity index (χ3n) is 6.46. The summed E-state index contributed by atoms with van der Waals surface area (Å²) in [6.07, 6.45) is 8.25. The number of carbonyl (C=O) groups is 2. The summed E-state index contributed by atoms with van der Waals surface area (Å²) in [5.41, 5.74) is 4.51.